The molecule has 108 valence electrons. The molecule has 20 heavy (non-hydrogen) atoms. The molecule has 2 aliphatic rings. The number of carbonyl (C=O) groups is 3. The molecule has 0 aromatic carbocycles. The zero-order chi connectivity index (χ0) is 14.5. The summed E-state index contributed by atoms with van der Waals surface area (Å²) in [5, 5.41) is 2.67. The minimum absolute atomic E-state index is 0.0733. The van der Waals surface area contributed by atoms with E-state index in [1.165, 1.54) is 4.90 Å². The summed E-state index contributed by atoms with van der Waals surface area (Å²) in [7, 11) is 0. The molecule has 3 amide bonds. The van der Waals surface area contributed by atoms with Gasteiger partial charge in [0.1, 0.15) is 0 Å². The van der Waals surface area contributed by atoms with Gasteiger partial charge in [-0.15, -0.1) is 6.58 Å². The van der Waals surface area contributed by atoms with Gasteiger partial charge in [0.2, 0.25) is 17.7 Å². The van der Waals surface area contributed by atoms with Gasteiger partial charge < -0.3 is 5.32 Å². The van der Waals surface area contributed by atoms with Crippen molar-refractivity contribution in [2.45, 2.75) is 25.7 Å². The summed E-state index contributed by atoms with van der Waals surface area (Å²) in [6.07, 6.45) is 7.70. The molecule has 1 aliphatic carbocycles. The van der Waals surface area contributed by atoms with Gasteiger partial charge in [-0.3, -0.25) is 19.3 Å². The molecule has 5 nitrogen and oxygen atoms in total. The molecule has 1 N–H and O–H groups in total. The predicted molar refractivity (Wildman–Crippen MR) is 74.5 cm³/mol. The third-order valence-electron chi connectivity index (χ3n) is 3.83. The molecular formula is C15H20N2O3. The lowest BCUT2D eigenvalue weighted by molar-refractivity contribution is -0.140. The number of imide groups is 1. The summed E-state index contributed by atoms with van der Waals surface area (Å²) in [6, 6.07) is 0. The molecule has 1 saturated heterocycles. The quantitative estimate of drug-likeness (QED) is 0.582. The lowest BCUT2D eigenvalue weighted by Crippen LogP contribution is -2.33. The molecule has 5 heteroatoms. The SMILES string of the molecule is C=CCNC(=O)CCCN1C(=O)[C@@H]2CC=CC[C@H]2C1=O. The molecule has 2 atom stereocenters. The van der Waals surface area contributed by atoms with Crippen LogP contribution in [0.25, 0.3) is 0 Å². The highest BCUT2D eigenvalue weighted by molar-refractivity contribution is 6.05. The number of likely N-dealkylation sites (tertiary alicyclic amines) is 1. The summed E-state index contributed by atoms with van der Waals surface area (Å²) in [5.41, 5.74) is 0. The number of carbonyl (C=O) groups excluding carboxylic acids is 3. The van der Waals surface area contributed by atoms with E-state index in [9.17, 15) is 14.4 Å². The van der Waals surface area contributed by atoms with E-state index in [1.54, 1.807) is 6.08 Å². The zero-order valence-corrected chi connectivity index (χ0v) is 11.5. The van der Waals surface area contributed by atoms with Gasteiger partial charge in [0.25, 0.3) is 0 Å². The van der Waals surface area contributed by atoms with Gasteiger partial charge in [0.15, 0.2) is 0 Å². The average molecular weight is 276 g/mol. The fraction of sp³-hybridized carbons (Fsp3) is 0.533. The summed E-state index contributed by atoms with van der Waals surface area (Å²) in [4.78, 5) is 37.1. The second kappa shape index (κ2) is 6.50. The molecule has 0 bridgehead atoms. The van der Waals surface area contributed by atoms with E-state index in [0.717, 1.165) is 0 Å². The molecule has 0 unspecified atom stereocenters. The predicted octanol–water partition coefficient (Wildman–Crippen LogP) is 1.02. The van der Waals surface area contributed by atoms with Crippen LogP contribution in [0.3, 0.4) is 0 Å². The van der Waals surface area contributed by atoms with Gasteiger partial charge in [-0.05, 0) is 19.3 Å². The summed E-state index contributed by atoms with van der Waals surface area (Å²) < 4.78 is 0. The first-order chi connectivity index (χ1) is 9.65. The Morgan fingerprint density at radius 2 is 1.90 bits per heavy atom. The van der Waals surface area contributed by atoms with Crippen LogP contribution in [-0.2, 0) is 14.4 Å². The number of hydrogen-bond donors (Lipinski definition) is 1. The Labute approximate surface area is 118 Å². The number of amides is 3. The second-order valence-electron chi connectivity index (χ2n) is 5.18. The minimum Gasteiger partial charge on any atom is -0.353 e. The van der Waals surface area contributed by atoms with Crippen LogP contribution in [-0.4, -0.2) is 35.7 Å². The van der Waals surface area contributed by atoms with E-state index >= 15 is 0 Å². The van der Waals surface area contributed by atoms with Crippen LogP contribution >= 0.6 is 0 Å². The van der Waals surface area contributed by atoms with Gasteiger partial charge in [0, 0.05) is 19.5 Å². The van der Waals surface area contributed by atoms with Gasteiger partial charge >= 0.3 is 0 Å². The van der Waals surface area contributed by atoms with Crippen LogP contribution in [0.5, 0.6) is 0 Å². The van der Waals surface area contributed by atoms with Crippen molar-refractivity contribution in [2.75, 3.05) is 13.1 Å². The number of rotatable bonds is 6. The third kappa shape index (κ3) is 2.98. The molecular weight excluding hydrogens is 256 g/mol. The lowest BCUT2D eigenvalue weighted by atomic mass is 9.85. The van der Waals surface area contributed by atoms with Gasteiger partial charge in [-0.25, -0.2) is 0 Å². The van der Waals surface area contributed by atoms with E-state index in [2.05, 4.69) is 11.9 Å². The van der Waals surface area contributed by atoms with Gasteiger partial charge in [-0.2, -0.15) is 0 Å². The summed E-state index contributed by atoms with van der Waals surface area (Å²) in [6.45, 7) is 4.30. The van der Waals surface area contributed by atoms with E-state index < -0.39 is 0 Å². The van der Waals surface area contributed by atoms with Crippen LogP contribution < -0.4 is 5.32 Å². The monoisotopic (exact) mass is 276 g/mol. The number of hydrogen-bond acceptors (Lipinski definition) is 3. The largest absolute Gasteiger partial charge is 0.353 e. The van der Waals surface area contributed by atoms with Crippen molar-refractivity contribution in [1.29, 1.82) is 0 Å². The molecule has 0 saturated carbocycles. The Hall–Kier alpha value is -1.91. The zero-order valence-electron chi connectivity index (χ0n) is 11.5. The highest BCUT2D eigenvalue weighted by atomic mass is 16.2. The fourth-order valence-electron chi connectivity index (χ4n) is 2.76. The Kier molecular flexibility index (Phi) is 4.71. The standard InChI is InChI=1S/C15H20N2O3/c1-2-9-16-13(18)8-5-10-17-14(19)11-6-3-4-7-12(11)15(17)20/h2-4,11-12H,1,5-10H2,(H,16,18)/t11-,12-/m1/s1. The minimum atomic E-state index is -0.179. The third-order valence-corrected chi connectivity index (χ3v) is 3.83. The first-order valence-electron chi connectivity index (χ1n) is 7.03. The molecule has 0 aromatic heterocycles. The Morgan fingerprint density at radius 3 is 2.45 bits per heavy atom. The van der Waals surface area contributed by atoms with Gasteiger partial charge in [0.05, 0.1) is 11.8 Å². The summed E-state index contributed by atoms with van der Waals surface area (Å²) in [5.74, 6) is -0.584. The first-order valence-corrected chi connectivity index (χ1v) is 7.03. The molecule has 1 heterocycles. The van der Waals surface area contributed by atoms with Crippen LogP contribution in [0, 0.1) is 11.8 Å². The molecule has 2 rings (SSSR count). The fourth-order valence-corrected chi connectivity index (χ4v) is 2.76. The Morgan fingerprint density at radius 1 is 1.30 bits per heavy atom. The average Bonchev–Trinajstić information content (AvgIpc) is 2.70. The van der Waals surface area contributed by atoms with Crippen LogP contribution in [0.4, 0.5) is 0 Å². The van der Waals surface area contributed by atoms with Crippen LogP contribution in [0.2, 0.25) is 0 Å². The molecule has 0 radical (unpaired) electrons. The number of fused-ring (bicyclic) bond motifs is 1. The molecule has 0 aromatic rings. The maximum atomic E-state index is 12.2. The Bertz CT molecular complexity index is 430. The smallest absolute Gasteiger partial charge is 0.233 e. The number of allylic oxidation sites excluding steroid dienone is 2. The van der Waals surface area contributed by atoms with E-state index in [0.29, 0.717) is 38.8 Å². The van der Waals surface area contributed by atoms with Crippen molar-refractivity contribution >= 4 is 17.7 Å². The normalized spacial score (nSPS) is 24.7. The maximum absolute atomic E-state index is 12.2. The van der Waals surface area contributed by atoms with E-state index in [4.69, 9.17) is 0 Å². The van der Waals surface area contributed by atoms with Crippen molar-refractivity contribution in [3.63, 3.8) is 0 Å². The number of nitrogens with zero attached hydrogens (tertiary/aromatic N) is 1. The van der Waals surface area contributed by atoms with Crippen molar-refractivity contribution in [2.24, 2.45) is 11.8 Å². The van der Waals surface area contributed by atoms with Crippen molar-refractivity contribution < 1.29 is 14.4 Å². The van der Waals surface area contributed by atoms with E-state index in [1.807, 2.05) is 12.2 Å². The van der Waals surface area contributed by atoms with Crippen LogP contribution in [0.1, 0.15) is 25.7 Å². The topological polar surface area (TPSA) is 66.5 Å². The lowest BCUT2D eigenvalue weighted by Gasteiger charge is -2.14. The number of nitrogens with one attached hydrogen (secondary N) is 1. The van der Waals surface area contributed by atoms with Crippen LogP contribution in [0.15, 0.2) is 24.8 Å². The van der Waals surface area contributed by atoms with Gasteiger partial charge in [-0.1, -0.05) is 18.2 Å². The molecule has 0 spiro atoms. The molecule has 1 aliphatic heterocycles. The van der Waals surface area contributed by atoms with Crippen molar-refractivity contribution in [1.82, 2.24) is 10.2 Å². The Balaban J connectivity index is 1.82. The molecule has 1 fully saturated rings. The second-order valence-corrected chi connectivity index (χ2v) is 5.18. The first kappa shape index (κ1) is 14.5. The maximum Gasteiger partial charge on any atom is 0.233 e. The van der Waals surface area contributed by atoms with Crippen molar-refractivity contribution in [3.8, 4) is 0 Å². The van der Waals surface area contributed by atoms with E-state index in [-0.39, 0.29) is 29.6 Å². The van der Waals surface area contributed by atoms with Crippen molar-refractivity contribution in [3.05, 3.63) is 24.8 Å². The highest BCUT2D eigenvalue weighted by Gasteiger charge is 2.46. The highest BCUT2D eigenvalue weighted by Crippen LogP contribution is 2.34. The summed E-state index contributed by atoms with van der Waals surface area (Å²) >= 11 is 0.